The van der Waals surface area contributed by atoms with Crippen molar-refractivity contribution in [3.8, 4) is 0 Å². The molecule has 0 amide bonds. The SMILES string of the molecule is CS(=O)(=O)Nc1ccn(Cc2c(Cl)cccc2Cl)n1. The van der Waals surface area contributed by atoms with Crippen molar-refractivity contribution in [1.29, 1.82) is 0 Å². The minimum atomic E-state index is -3.33. The number of anilines is 1. The maximum absolute atomic E-state index is 11.1. The number of rotatable bonds is 4. The van der Waals surface area contributed by atoms with Gasteiger partial charge < -0.3 is 0 Å². The molecule has 0 bridgehead atoms. The smallest absolute Gasteiger partial charge is 0.231 e. The number of hydrogen-bond donors (Lipinski definition) is 1. The lowest BCUT2D eigenvalue weighted by molar-refractivity contribution is 0.606. The largest absolute Gasteiger partial charge is 0.266 e. The van der Waals surface area contributed by atoms with Crippen molar-refractivity contribution in [2.45, 2.75) is 6.54 Å². The zero-order valence-corrected chi connectivity index (χ0v) is 12.3. The standard InChI is InChI=1S/C11H11Cl2N3O2S/c1-19(17,18)15-11-5-6-16(14-11)7-8-9(12)3-2-4-10(8)13/h2-6H,7H2,1H3,(H,14,15). The maximum Gasteiger partial charge on any atom is 0.231 e. The molecule has 0 aliphatic rings. The van der Waals surface area contributed by atoms with Crippen LogP contribution in [0.4, 0.5) is 5.82 Å². The maximum atomic E-state index is 11.1. The predicted molar refractivity (Wildman–Crippen MR) is 76.3 cm³/mol. The Morgan fingerprint density at radius 1 is 1.26 bits per heavy atom. The van der Waals surface area contributed by atoms with Crippen LogP contribution < -0.4 is 4.72 Å². The zero-order chi connectivity index (χ0) is 14.0. The summed E-state index contributed by atoms with van der Waals surface area (Å²) in [6.07, 6.45) is 2.71. The van der Waals surface area contributed by atoms with Crippen molar-refractivity contribution in [2.75, 3.05) is 11.0 Å². The van der Waals surface area contributed by atoms with Crippen molar-refractivity contribution < 1.29 is 8.42 Å². The first-order valence-corrected chi connectivity index (χ1v) is 7.94. The van der Waals surface area contributed by atoms with Crippen LogP contribution in [0.1, 0.15) is 5.56 Å². The molecule has 1 aromatic carbocycles. The van der Waals surface area contributed by atoms with Gasteiger partial charge in [-0.3, -0.25) is 9.40 Å². The molecule has 2 rings (SSSR count). The van der Waals surface area contributed by atoms with Gasteiger partial charge in [-0.05, 0) is 12.1 Å². The van der Waals surface area contributed by atoms with Gasteiger partial charge in [0.2, 0.25) is 10.0 Å². The van der Waals surface area contributed by atoms with E-state index in [0.29, 0.717) is 16.6 Å². The van der Waals surface area contributed by atoms with Gasteiger partial charge >= 0.3 is 0 Å². The van der Waals surface area contributed by atoms with E-state index in [2.05, 4.69) is 9.82 Å². The molecule has 0 spiro atoms. The van der Waals surface area contributed by atoms with Gasteiger partial charge in [0.15, 0.2) is 5.82 Å². The summed E-state index contributed by atoms with van der Waals surface area (Å²) in [6.45, 7) is 0.365. The molecule has 2 aromatic rings. The van der Waals surface area contributed by atoms with E-state index in [4.69, 9.17) is 23.2 Å². The highest BCUT2D eigenvalue weighted by atomic mass is 35.5. The molecular formula is C11H11Cl2N3O2S. The predicted octanol–water partition coefficient (Wildman–Crippen LogP) is 2.61. The molecular weight excluding hydrogens is 309 g/mol. The number of nitrogens with one attached hydrogen (secondary N) is 1. The van der Waals surface area contributed by atoms with E-state index in [1.54, 1.807) is 35.1 Å². The minimum Gasteiger partial charge on any atom is -0.266 e. The molecule has 5 nitrogen and oxygen atoms in total. The normalized spacial score (nSPS) is 11.5. The average molecular weight is 320 g/mol. The Morgan fingerprint density at radius 3 is 2.47 bits per heavy atom. The van der Waals surface area contributed by atoms with Crippen molar-refractivity contribution in [2.24, 2.45) is 0 Å². The van der Waals surface area contributed by atoms with Gasteiger partial charge in [-0.1, -0.05) is 29.3 Å². The summed E-state index contributed by atoms with van der Waals surface area (Å²) >= 11 is 12.1. The van der Waals surface area contributed by atoms with E-state index >= 15 is 0 Å². The summed E-state index contributed by atoms with van der Waals surface area (Å²) in [6, 6.07) is 6.80. The minimum absolute atomic E-state index is 0.255. The molecule has 0 radical (unpaired) electrons. The van der Waals surface area contributed by atoms with Gasteiger partial charge in [-0.2, -0.15) is 5.10 Å². The molecule has 0 aliphatic heterocycles. The second-order valence-electron chi connectivity index (χ2n) is 3.97. The van der Waals surface area contributed by atoms with Crippen LogP contribution in [0.15, 0.2) is 30.5 Å². The molecule has 0 saturated heterocycles. The Hall–Kier alpha value is -1.24. The number of aromatic nitrogens is 2. The third kappa shape index (κ3) is 3.86. The van der Waals surface area contributed by atoms with E-state index in [1.165, 1.54) is 0 Å². The van der Waals surface area contributed by atoms with E-state index in [0.717, 1.165) is 11.8 Å². The Bertz CT molecular complexity index is 677. The Morgan fingerprint density at radius 2 is 1.89 bits per heavy atom. The van der Waals surface area contributed by atoms with Gasteiger partial charge in [-0.15, -0.1) is 0 Å². The second-order valence-corrected chi connectivity index (χ2v) is 6.54. The van der Waals surface area contributed by atoms with E-state index in [9.17, 15) is 8.42 Å². The molecule has 0 aliphatic carbocycles. The summed E-state index contributed by atoms with van der Waals surface area (Å²) in [5.74, 6) is 0.255. The second kappa shape index (κ2) is 5.40. The van der Waals surface area contributed by atoms with E-state index < -0.39 is 10.0 Å². The first-order valence-electron chi connectivity index (χ1n) is 5.29. The topological polar surface area (TPSA) is 64.0 Å². The van der Waals surface area contributed by atoms with Crippen molar-refractivity contribution in [3.05, 3.63) is 46.1 Å². The molecule has 102 valence electrons. The molecule has 0 unspecified atom stereocenters. The average Bonchev–Trinajstić information content (AvgIpc) is 2.69. The summed E-state index contributed by atoms with van der Waals surface area (Å²) in [7, 11) is -3.33. The Labute approximate surface area is 121 Å². The summed E-state index contributed by atoms with van der Waals surface area (Å²) in [5, 5.41) is 5.17. The van der Waals surface area contributed by atoms with Crippen LogP contribution in [0.2, 0.25) is 10.0 Å². The van der Waals surface area contributed by atoms with Crippen LogP contribution in [0.25, 0.3) is 0 Å². The fourth-order valence-electron chi connectivity index (χ4n) is 1.54. The van der Waals surface area contributed by atoms with Crippen molar-refractivity contribution in [3.63, 3.8) is 0 Å². The Kier molecular flexibility index (Phi) is 4.03. The van der Waals surface area contributed by atoms with Gasteiger partial charge in [0, 0.05) is 27.9 Å². The molecule has 1 N–H and O–H groups in total. The summed E-state index contributed by atoms with van der Waals surface area (Å²) < 4.78 is 26.0. The molecule has 0 saturated carbocycles. The molecule has 0 atom stereocenters. The molecule has 1 heterocycles. The van der Waals surface area contributed by atoms with E-state index in [-0.39, 0.29) is 5.82 Å². The van der Waals surface area contributed by atoms with Crippen LogP contribution in [0.5, 0.6) is 0 Å². The highest BCUT2D eigenvalue weighted by molar-refractivity contribution is 7.92. The molecule has 1 aromatic heterocycles. The lowest BCUT2D eigenvalue weighted by Crippen LogP contribution is -2.10. The highest BCUT2D eigenvalue weighted by Crippen LogP contribution is 2.25. The van der Waals surface area contributed by atoms with Gasteiger partial charge in [0.25, 0.3) is 0 Å². The molecule has 8 heteroatoms. The van der Waals surface area contributed by atoms with E-state index in [1.807, 2.05) is 0 Å². The van der Waals surface area contributed by atoms with Crippen molar-refractivity contribution in [1.82, 2.24) is 9.78 Å². The first kappa shape index (κ1) is 14.2. The lowest BCUT2D eigenvalue weighted by atomic mass is 10.2. The third-order valence-corrected chi connectivity index (χ3v) is 3.60. The number of halogens is 2. The zero-order valence-electron chi connectivity index (χ0n) is 9.97. The lowest BCUT2D eigenvalue weighted by Gasteiger charge is -2.06. The number of hydrogen-bond acceptors (Lipinski definition) is 3. The van der Waals surface area contributed by atoms with Crippen molar-refractivity contribution >= 4 is 39.0 Å². The summed E-state index contributed by atoms with van der Waals surface area (Å²) in [5.41, 5.74) is 0.736. The van der Waals surface area contributed by atoms with Crippen LogP contribution in [-0.2, 0) is 16.6 Å². The van der Waals surface area contributed by atoms with Gasteiger partial charge in [0.1, 0.15) is 0 Å². The number of benzene rings is 1. The fraction of sp³-hybridized carbons (Fsp3) is 0.182. The molecule has 19 heavy (non-hydrogen) atoms. The van der Waals surface area contributed by atoms with Crippen LogP contribution >= 0.6 is 23.2 Å². The van der Waals surface area contributed by atoms with Gasteiger partial charge in [0.05, 0.1) is 12.8 Å². The Balaban J connectivity index is 2.21. The highest BCUT2D eigenvalue weighted by Gasteiger charge is 2.09. The molecule has 0 fully saturated rings. The summed E-state index contributed by atoms with van der Waals surface area (Å²) in [4.78, 5) is 0. The van der Waals surface area contributed by atoms with Crippen LogP contribution in [-0.4, -0.2) is 24.5 Å². The number of nitrogens with zero attached hydrogens (tertiary/aromatic N) is 2. The van der Waals surface area contributed by atoms with Gasteiger partial charge in [-0.25, -0.2) is 8.42 Å². The third-order valence-electron chi connectivity index (χ3n) is 2.31. The number of sulfonamides is 1. The first-order chi connectivity index (χ1) is 8.85. The fourth-order valence-corrected chi connectivity index (χ4v) is 2.55. The van der Waals surface area contributed by atoms with Crippen LogP contribution in [0, 0.1) is 0 Å². The monoisotopic (exact) mass is 319 g/mol. The quantitative estimate of drug-likeness (QED) is 0.942. The van der Waals surface area contributed by atoms with Crippen LogP contribution in [0.3, 0.4) is 0 Å².